The molecule has 0 aromatic carbocycles. The molecule has 92 valence electrons. The number of nitrogens with zero attached hydrogens (tertiary/aromatic N) is 2. The summed E-state index contributed by atoms with van der Waals surface area (Å²) < 4.78 is 0. The zero-order valence-electron chi connectivity index (χ0n) is 9.68. The Labute approximate surface area is 112 Å². The van der Waals surface area contributed by atoms with Crippen molar-refractivity contribution in [1.29, 1.82) is 0 Å². The summed E-state index contributed by atoms with van der Waals surface area (Å²) in [6.07, 6.45) is 1.89. The average molecular weight is 288 g/mol. The fraction of sp³-hybridized carbons (Fsp3) is 0.500. The molecule has 0 fully saturated rings. The van der Waals surface area contributed by atoms with E-state index in [2.05, 4.69) is 9.97 Å². The van der Waals surface area contributed by atoms with Crippen LogP contribution in [-0.2, 0) is 10.4 Å². The van der Waals surface area contributed by atoms with Gasteiger partial charge in [0.1, 0.15) is 10.1 Å². The van der Waals surface area contributed by atoms with Crippen molar-refractivity contribution >= 4 is 40.4 Å². The number of carbonyl (C=O) groups is 1. The molecular weight excluding hydrogens is 276 g/mol. The van der Waals surface area contributed by atoms with Crippen molar-refractivity contribution < 1.29 is 9.90 Å². The van der Waals surface area contributed by atoms with Gasteiger partial charge in [-0.3, -0.25) is 4.79 Å². The second-order valence-corrected chi connectivity index (χ2v) is 6.58. The van der Waals surface area contributed by atoms with Crippen LogP contribution in [0.5, 0.6) is 0 Å². The third-order valence-corrected chi connectivity index (χ3v) is 4.84. The highest BCUT2D eigenvalue weighted by molar-refractivity contribution is 8.14. The summed E-state index contributed by atoms with van der Waals surface area (Å²) in [7, 11) is 0. The molecule has 1 atom stereocenters. The second-order valence-electron chi connectivity index (χ2n) is 3.59. The second kappa shape index (κ2) is 4.79. The van der Waals surface area contributed by atoms with Crippen LogP contribution in [-0.4, -0.2) is 32.2 Å². The number of thioether (sulfide) groups is 3. The van der Waals surface area contributed by atoms with E-state index in [-0.39, 0.29) is 5.12 Å². The molecule has 17 heavy (non-hydrogen) atoms. The monoisotopic (exact) mass is 288 g/mol. The summed E-state index contributed by atoms with van der Waals surface area (Å²) in [6.45, 7) is 3.52. The Morgan fingerprint density at radius 1 is 1.47 bits per heavy atom. The SMILES string of the molecule is CCSc1nc(SC)nc2c1C(C)(O)C(=O)S2. The first-order valence-corrected chi connectivity index (χ1v) is 8.07. The van der Waals surface area contributed by atoms with Gasteiger partial charge in [-0.15, -0.1) is 11.8 Å². The van der Waals surface area contributed by atoms with E-state index in [1.807, 2.05) is 13.2 Å². The van der Waals surface area contributed by atoms with Crippen molar-refractivity contribution in [2.45, 2.75) is 34.7 Å². The van der Waals surface area contributed by atoms with Gasteiger partial charge in [0, 0.05) is 0 Å². The van der Waals surface area contributed by atoms with Gasteiger partial charge in [0.25, 0.3) is 0 Å². The molecule has 0 spiro atoms. The van der Waals surface area contributed by atoms with Gasteiger partial charge in [0.2, 0.25) is 5.12 Å². The normalized spacial score (nSPS) is 22.9. The molecule has 2 rings (SSSR count). The highest BCUT2D eigenvalue weighted by Crippen LogP contribution is 2.46. The Bertz CT molecular complexity index is 477. The fourth-order valence-corrected chi connectivity index (χ4v) is 3.93. The predicted octanol–water partition coefficient (Wildman–Crippen LogP) is 2.15. The topological polar surface area (TPSA) is 63.1 Å². The van der Waals surface area contributed by atoms with Crippen molar-refractivity contribution in [3.05, 3.63) is 5.56 Å². The largest absolute Gasteiger partial charge is 0.376 e. The molecule has 1 aliphatic heterocycles. The molecule has 1 N–H and O–H groups in total. The fourth-order valence-electron chi connectivity index (χ4n) is 1.51. The van der Waals surface area contributed by atoms with Crippen LogP contribution in [0.15, 0.2) is 15.2 Å². The van der Waals surface area contributed by atoms with E-state index in [0.717, 1.165) is 17.5 Å². The number of hydrogen-bond acceptors (Lipinski definition) is 7. The Kier molecular flexibility index (Phi) is 3.72. The van der Waals surface area contributed by atoms with Crippen molar-refractivity contribution in [2.75, 3.05) is 12.0 Å². The molecule has 1 aromatic heterocycles. The average Bonchev–Trinajstić information content (AvgIpc) is 2.50. The van der Waals surface area contributed by atoms with Gasteiger partial charge in [0.05, 0.1) is 5.56 Å². The van der Waals surface area contributed by atoms with Crippen LogP contribution in [0.3, 0.4) is 0 Å². The summed E-state index contributed by atoms with van der Waals surface area (Å²) in [6, 6.07) is 0. The van der Waals surface area contributed by atoms with Gasteiger partial charge in [-0.1, -0.05) is 18.7 Å². The summed E-state index contributed by atoms with van der Waals surface area (Å²) >= 11 is 3.96. The molecule has 1 aliphatic rings. The van der Waals surface area contributed by atoms with Gasteiger partial charge in [-0.25, -0.2) is 9.97 Å². The maximum absolute atomic E-state index is 11.7. The number of fused-ring (bicyclic) bond motifs is 1. The zero-order chi connectivity index (χ0) is 12.6. The lowest BCUT2D eigenvalue weighted by Crippen LogP contribution is -2.26. The molecule has 0 aliphatic carbocycles. The maximum Gasteiger partial charge on any atom is 0.231 e. The quantitative estimate of drug-likeness (QED) is 0.519. The van der Waals surface area contributed by atoms with Crippen molar-refractivity contribution in [1.82, 2.24) is 9.97 Å². The summed E-state index contributed by atoms with van der Waals surface area (Å²) in [4.78, 5) is 20.4. The minimum Gasteiger partial charge on any atom is -0.376 e. The van der Waals surface area contributed by atoms with E-state index >= 15 is 0 Å². The minimum atomic E-state index is -1.46. The Morgan fingerprint density at radius 2 is 2.18 bits per heavy atom. The first-order chi connectivity index (χ1) is 8.00. The molecular formula is C10H12N2O2S3. The minimum absolute atomic E-state index is 0.280. The highest BCUT2D eigenvalue weighted by atomic mass is 32.2. The standard InChI is InChI=1S/C10H12N2O2S3/c1-4-16-6-5-7(12-9(11-6)15-3)17-8(13)10(5,2)14/h14H,4H2,1-3H3. The highest BCUT2D eigenvalue weighted by Gasteiger charge is 2.45. The van der Waals surface area contributed by atoms with Gasteiger partial charge in [-0.05, 0) is 30.7 Å². The van der Waals surface area contributed by atoms with Gasteiger partial charge in [0.15, 0.2) is 10.8 Å². The van der Waals surface area contributed by atoms with E-state index in [0.29, 0.717) is 20.8 Å². The molecule has 0 bridgehead atoms. The van der Waals surface area contributed by atoms with Crippen LogP contribution >= 0.6 is 35.3 Å². The van der Waals surface area contributed by atoms with E-state index in [1.54, 1.807) is 0 Å². The lowest BCUT2D eigenvalue weighted by Gasteiger charge is -2.17. The third-order valence-electron chi connectivity index (χ3n) is 2.36. The smallest absolute Gasteiger partial charge is 0.231 e. The van der Waals surface area contributed by atoms with Gasteiger partial charge in [-0.2, -0.15) is 0 Å². The summed E-state index contributed by atoms with van der Waals surface area (Å²) in [5, 5.41) is 11.9. The molecule has 0 saturated heterocycles. The number of aliphatic hydroxyl groups is 1. The maximum atomic E-state index is 11.7. The number of carbonyl (C=O) groups excluding carboxylic acids is 1. The summed E-state index contributed by atoms with van der Waals surface area (Å²) in [5.41, 5.74) is -0.897. The first kappa shape index (κ1) is 13.2. The van der Waals surface area contributed by atoms with Gasteiger partial charge >= 0.3 is 0 Å². The van der Waals surface area contributed by atoms with Crippen LogP contribution in [0.2, 0.25) is 0 Å². The van der Waals surface area contributed by atoms with Crippen LogP contribution in [0.4, 0.5) is 0 Å². The third kappa shape index (κ3) is 2.21. The van der Waals surface area contributed by atoms with E-state index in [1.165, 1.54) is 30.4 Å². The number of rotatable bonds is 3. The van der Waals surface area contributed by atoms with Crippen molar-refractivity contribution in [3.8, 4) is 0 Å². The molecule has 0 radical (unpaired) electrons. The molecule has 1 aromatic rings. The predicted molar refractivity (Wildman–Crippen MR) is 70.6 cm³/mol. The Hall–Kier alpha value is -0.240. The summed E-state index contributed by atoms with van der Waals surface area (Å²) in [5.74, 6) is 0.839. The number of hydrogen-bond donors (Lipinski definition) is 1. The zero-order valence-corrected chi connectivity index (χ0v) is 12.1. The van der Waals surface area contributed by atoms with E-state index < -0.39 is 5.60 Å². The van der Waals surface area contributed by atoms with E-state index in [4.69, 9.17) is 0 Å². The molecule has 0 saturated carbocycles. The Balaban J connectivity index is 2.60. The van der Waals surface area contributed by atoms with Crippen LogP contribution in [0, 0.1) is 0 Å². The molecule has 2 heterocycles. The molecule has 1 unspecified atom stereocenters. The Morgan fingerprint density at radius 3 is 2.76 bits per heavy atom. The van der Waals surface area contributed by atoms with Gasteiger partial charge < -0.3 is 5.11 Å². The lowest BCUT2D eigenvalue weighted by atomic mass is 10.0. The first-order valence-electron chi connectivity index (χ1n) is 5.04. The van der Waals surface area contributed by atoms with Crippen LogP contribution in [0.1, 0.15) is 19.4 Å². The molecule has 7 heteroatoms. The van der Waals surface area contributed by atoms with Crippen molar-refractivity contribution in [2.24, 2.45) is 0 Å². The number of aromatic nitrogens is 2. The van der Waals surface area contributed by atoms with E-state index in [9.17, 15) is 9.90 Å². The van der Waals surface area contributed by atoms with Crippen LogP contribution < -0.4 is 0 Å². The molecule has 4 nitrogen and oxygen atoms in total. The van der Waals surface area contributed by atoms with Crippen LogP contribution in [0.25, 0.3) is 0 Å². The molecule has 0 amide bonds. The van der Waals surface area contributed by atoms with Crippen molar-refractivity contribution in [3.63, 3.8) is 0 Å². The lowest BCUT2D eigenvalue weighted by molar-refractivity contribution is -0.126.